The van der Waals surface area contributed by atoms with Crippen molar-refractivity contribution >= 4 is 24.0 Å². The minimum absolute atomic E-state index is 0.00585. The summed E-state index contributed by atoms with van der Waals surface area (Å²) in [5, 5.41) is 28.3. The monoisotopic (exact) mass is 305 g/mol. The number of rotatable bonds is 9. The summed E-state index contributed by atoms with van der Waals surface area (Å²) in [6, 6.07) is -1.20. The minimum Gasteiger partial charge on any atom is -0.481 e. The molecule has 0 aliphatic carbocycles. The summed E-state index contributed by atoms with van der Waals surface area (Å²) in [4.78, 5) is 43.6. The smallest absolute Gasteiger partial charge is 0.408 e. The number of carboxylic acid groups (broad SMARTS) is 3. The molecule has 0 aromatic rings. The molecule has 0 radical (unpaired) electrons. The molecular formula is C12H19NO8. The van der Waals surface area contributed by atoms with E-state index in [2.05, 4.69) is 4.74 Å². The molecule has 4 N–H and O–H groups in total. The van der Waals surface area contributed by atoms with Gasteiger partial charge in [0.25, 0.3) is 0 Å². The molecule has 9 heteroatoms. The van der Waals surface area contributed by atoms with Crippen LogP contribution >= 0.6 is 0 Å². The zero-order valence-electron chi connectivity index (χ0n) is 11.7. The van der Waals surface area contributed by atoms with Crippen LogP contribution in [0.5, 0.6) is 0 Å². The summed E-state index contributed by atoms with van der Waals surface area (Å²) >= 11 is 0. The van der Waals surface area contributed by atoms with E-state index >= 15 is 0 Å². The first-order chi connectivity index (χ1) is 9.63. The Labute approximate surface area is 120 Å². The number of hydrogen-bond acceptors (Lipinski definition) is 5. The predicted molar refractivity (Wildman–Crippen MR) is 68.8 cm³/mol. The summed E-state index contributed by atoms with van der Waals surface area (Å²) in [6.07, 6.45) is -3.59. The van der Waals surface area contributed by atoms with Crippen LogP contribution in [-0.4, -0.2) is 51.5 Å². The zero-order valence-corrected chi connectivity index (χ0v) is 11.7. The van der Waals surface area contributed by atoms with E-state index in [1.54, 1.807) is 13.8 Å². The molecular weight excluding hydrogens is 286 g/mol. The standard InChI is InChI=1S/C12H19NO8/c1-6(2)5-7(10(16)17)13-12(20)21-8(11(18)19)3-4-9(14)15/h6-8H,3-5H2,1-2H3,(H,13,20)(H,14,15)(H,16,17)(H,18,19)/t7-,8-/m1/s1. The van der Waals surface area contributed by atoms with Gasteiger partial charge in [0, 0.05) is 12.8 Å². The third kappa shape index (κ3) is 8.45. The molecule has 0 bridgehead atoms. The van der Waals surface area contributed by atoms with Crippen LogP contribution in [0.3, 0.4) is 0 Å². The van der Waals surface area contributed by atoms with Crippen molar-refractivity contribution in [3.05, 3.63) is 0 Å². The van der Waals surface area contributed by atoms with Crippen LogP contribution in [0.15, 0.2) is 0 Å². The molecule has 0 unspecified atom stereocenters. The number of carbonyl (C=O) groups is 4. The van der Waals surface area contributed by atoms with Crippen LogP contribution in [0.4, 0.5) is 4.79 Å². The number of carboxylic acids is 3. The van der Waals surface area contributed by atoms with E-state index < -0.39 is 49.0 Å². The second-order valence-corrected chi connectivity index (χ2v) is 4.83. The summed E-state index contributed by atoms with van der Waals surface area (Å²) in [5.74, 6) is -4.00. The Morgan fingerprint density at radius 2 is 1.62 bits per heavy atom. The van der Waals surface area contributed by atoms with E-state index in [0.29, 0.717) is 0 Å². The van der Waals surface area contributed by atoms with Gasteiger partial charge in [0.05, 0.1) is 0 Å². The number of alkyl carbamates (subject to hydrolysis) is 1. The summed E-state index contributed by atoms with van der Waals surface area (Å²) < 4.78 is 4.55. The number of ether oxygens (including phenoxy) is 1. The molecule has 21 heavy (non-hydrogen) atoms. The molecule has 120 valence electrons. The van der Waals surface area contributed by atoms with Gasteiger partial charge in [0.2, 0.25) is 6.10 Å². The quantitative estimate of drug-likeness (QED) is 0.481. The van der Waals surface area contributed by atoms with E-state index in [9.17, 15) is 19.2 Å². The first kappa shape index (κ1) is 18.7. The maximum atomic E-state index is 11.5. The van der Waals surface area contributed by atoms with E-state index in [0.717, 1.165) is 0 Å². The Bertz CT molecular complexity index is 406. The summed E-state index contributed by atoms with van der Waals surface area (Å²) in [5.41, 5.74) is 0. The molecule has 0 aliphatic heterocycles. The molecule has 0 saturated heterocycles. The first-order valence-corrected chi connectivity index (χ1v) is 6.28. The van der Waals surface area contributed by atoms with Crippen molar-refractivity contribution in [3.63, 3.8) is 0 Å². The van der Waals surface area contributed by atoms with Crippen LogP contribution < -0.4 is 5.32 Å². The van der Waals surface area contributed by atoms with Crippen molar-refractivity contribution in [1.82, 2.24) is 5.32 Å². The largest absolute Gasteiger partial charge is 0.481 e. The second kappa shape index (κ2) is 8.77. The van der Waals surface area contributed by atoms with Crippen LogP contribution in [0.25, 0.3) is 0 Å². The minimum atomic E-state index is -1.64. The van der Waals surface area contributed by atoms with Gasteiger partial charge >= 0.3 is 24.0 Å². The van der Waals surface area contributed by atoms with Crippen molar-refractivity contribution in [2.45, 2.75) is 45.3 Å². The highest BCUT2D eigenvalue weighted by Gasteiger charge is 2.27. The number of nitrogens with one attached hydrogen (secondary N) is 1. The average molecular weight is 305 g/mol. The van der Waals surface area contributed by atoms with Gasteiger partial charge < -0.3 is 25.4 Å². The second-order valence-electron chi connectivity index (χ2n) is 4.83. The van der Waals surface area contributed by atoms with E-state index in [4.69, 9.17) is 15.3 Å². The molecule has 0 heterocycles. The third-order valence-corrected chi connectivity index (χ3v) is 2.44. The van der Waals surface area contributed by atoms with Crippen LogP contribution in [0.2, 0.25) is 0 Å². The fourth-order valence-corrected chi connectivity index (χ4v) is 1.49. The number of carbonyl (C=O) groups excluding carboxylic acids is 1. The molecule has 1 amide bonds. The average Bonchev–Trinajstić information content (AvgIpc) is 2.32. The first-order valence-electron chi connectivity index (χ1n) is 6.28. The maximum Gasteiger partial charge on any atom is 0.408 e. The highest BCUT2D eigenvalue weighted by atomic mass is 16.6. The van der Waals surface area contributed by atoms with Crippen molar-refractivity contribution in [1.29, 1.82) is 0 Å². The Morgan fingerprint density at radius 1 is 1.05 bits per heavy atom. The van der Waals surface area contributed by atoms with Crippen molar-refractivity contribution in [2.24, 2.45) is 5.92 Å². The van der Waals surface area contributed by atoms with Gasteiger partial charge in [-0.15, -0.1) is 0 Å². The molecule has 2 atom stereocenters. The molecule has 0 fully saturated rings. The molecule has 0 spiro atoms. The van der Waals surface area contributed by atoms with Crippen molar-refractivity contribution < 1.29 is 39.2 Å². The number of amides is 1. The molecule has 0 rings (SSSR count). The predicted octanol–water partition coefficient (Wildman–Crippen LogP) is 0.530. The Morgan fingerprint density at radius 3 is 2.00 bits per heavy atom. The molecule has 0 saturated carbocycles. The molecule has 9 nitrogen and oxygen atoms in total. The Kier molecular flexibility index (Phi) is 7.80. The molecule has 0 aromatic carbocycles. The highest BCUT2D eigenvalue weighted by molar-refractivity contribution is 5.82. The van der Waals surface area contributed by atoms with Crippen LogP contribution in [0, 0.1) is 5.92 Å². The zero-order chi connectivity index (χ0) is 16.6. The van der Waals surface area contributed by atoms with Crippen molar-refractivity contribution in [2.75, 3.05) is 0 Å². The lowest BCUT2D eigenvalue weighted by Crippen LogP contribution is -2.44. The Balaban J connectivity index is 4.56. The lowest BCUT2D eigenvalue weighted by atomic mass is 10.0. The normalized spacial score (nSPS) is 13.3. The molecule has 0 aromatic heterocycles. The van der Waals surface area contributed by atoms with Crippen LogP contribution in [0.1, 0.15) is 33.1 Å². The van der Waals surface area contributed by atoms with Gasteiger partial charge in [0.1, 0.15) is 6.04 Å². The highest BCUT2D eigenvalue weighted by Crippen LogP contribution is 2.07. The summed E-state index contributed by atoms with van der Waals surface area (Å²) in [7, 11) is 0. The van der Waals surface area contributed by atoms with Gasteiger partial charge in [0.15, 0.2) is 0 Å². The Hall–Kier alpha value is -2.32. The van der Waals surface area contributed by atoms with Gasteiger partial charge in [-0.25, -0.2) is 14.4 Å². The van der Waals surface area contributed by atoms with E-state index in [1.807, 2.05) is 5.32 Å². The SMILES string of the molecule is CC(C)C[C@@H](NC(=O)O[C@H](CCC(=O)O)C(=O)O)C(=O)O. The van der Waals surface area contributed by atoms with Crippen molar-refractivity contribution in [3.8, 4) is 0 Å². The fraction of sp³-hybridized carbons (Fsp3) is 0.667. The topological polar surface area (TPSA) is 150 Å². The fourth-order valence-electron chi connectivity index (χ4n) is 1.49. The van der Waals surface area contributed by atoms with E-state index in [-0.39, 0.29) is 12.3 Å². The number of hydrogen-bond donors (Lipinski definition) is 4. The van der Waals surface area contributed by atoms with Gasteiger partial charge in [-0.05, 0) is 12.3 Å². The van der Waals surface area contributed by atoms with Gasteiger partial charge in [-0.1, -0.05) is 13.8 Å². The maximum absolute atomic E-state index is 11.5. The van der Waals surface area contributed by atoms with E-state index in [1.165, 1.54) is 0 Å². The van der Waals surface area contributed by atoms with Gasteiger partial charge in [-0.2, -0.15) is 0 Å². The summed E-state index contributed by atoms with van der Waals surface area (Å²) in [6.45, 7) is 3.52. The lowest BCUT2D eigenvalue weighted by Gasteiger charge is -2.18. The number of aliphatic carboxylic acids is 3. The molecule has 0 aliphatic rings. The van der Waals surface area contributed by atoms with Crippen LogP contribution in [-0.2, 0) is 19.1 Å². The third-order valence-electron chi connectivity index (χ3n) is 2.44. The lowest BCUT2D eigenvalue weighted by molar-refractivity contribution is -0.148. The van der Waals surface area contributed by atoms with Gasteiger partial charge in [-0.3, -0.25) is 4.79 Å².